The van der Waals surface area contributed by atoms with Crippen molar-refractivity contribution in [2.45, 2.75) is 32.4 Å². The van der Waals surface area contributed by atoms with Crippen LogP contribution in [0.25, 0.3) is 0 Å². The predicted octanol–water partition coefficient (Wildman–Crippen LogP) is 1.15. The van der Waals surface area contributed by atoms with Crippen LogP contribution in [-0.2, 0) is 16.0 Å². The lowest BCUT2D eigenvalue weighted by Gasteiger charge is -2.17. The van der Waals surface area contributed by atoms with Crippen molar-refractivity contribution < 1.29 is 9.59 Å². The number of fused-ring (bicyclic) bond motifs is 1. The number of nitrogens with one attached hydrogen (secondary N) is 1. The van der Waals surface area contributed by atoms with Crippen LogP contribution >= 0.6 is 12.4 Å². The number of hydrogen-bond acceptors (Lipinski definition) is 3. The Morgan fingerprint density at radius 1 is 1.40 bits per heavy atom. The van der Waals surface area contributed by atoms with E-state index in [1.807, 2.05) is 25.1 Å². The minimum Gasteiger partial charge on any atom is -0.348 e. The van der Waals surface area contributed by atoms with Gasteiger partial charge in [0.2, 0.25) is 11.8 Å². The Morgan fingerprint density at radius 3 is 2.65 bits per heavy atom. The number of carbonyl (C=O) groups excluding carboxylic acids is 2. The second kappa shape index (κ2) is 6.24. The highest BCUT2D eigenvalue weighted by Gasteiger charge is 2.24. The first-order valence-electron chi connectivity index (χ1n) is 6.35. The van der Waals surface area contributed by atoms with Crippen molar-refractivity contribution in [3.8, 4) is 0 Å². The molecule has 0 bridgehead atoms. The van der Waals surface area contributed by atoms with Gasteiger partial charge in [0.1, 0.15) is 0 Å². The molecule has 0 saturated carbocycles. The first-order valence-corrected chi connectivity index (χ1v) is 6.35. The van der Waals surface area contributed by atoms with Crippen LogP contribution in [0.4, 0.5) is 5.69 Å². The third-order valence-electron chi connectivity index (χ3n) is 3.45. The number of benzene rings is 1. The summed E-state index contributed by atoms with van der Waals surface area (Å²) in [5.41, 5.74) is 8.46. The molecule has 2 atom stereocenters. The number of amides is 2. The lowest BCUT2D eigenvalue weighted by atomic mass is 10.0. The Balaban J connectivity index is 0.00000200. The van der Waals surface area contributed by atoms with E-state index in [9.17, 15) is 9.59 Å². The molecule has 0 radical (unpaired) electrons. The average molecular weight is 298 g/mol. The van der Waals surface area contributed by atoms with Gasteiger partial charge >= 0.3 is 0 Å². The van der Waals surface area contributed by atoms with Crippen LogP contribution in [0.2, 0.25) is 0 Å². The first-order chi connectivity index (χ1) is 8.90. The molecule has 110 valence electrons. The summed E-state index contributed by atoms with van der Waals surface area (Å²) >= 11 is 0. The van der Waals surface area contributed by atoms with Gasteiger partial charge < -0.3 is 16.0 Å². The molecule has 6 heteroatoms. The Hall–Kier alpha value is -1.59. The fraction of sp³-hybridized carbons (Fsp3) is 0.429. The zero-order valence-electron chi connectivity index (χ0n) is 11.8. The third kappa shape index (κ3) is 3.11. The minimum absolute atomic E-state index is 0. The standard InChI is InChI=1S/C14H19N3O2.ClH/c1-8(15)14(19)16-9(2)10-4-5-12-11(6-10)7-13(18)17(12)3;/h4-6,8-9H,7,15H2,1-3H3,(H,16,19);1H/t8-,9?;/m1./s1. The van der Waals surface area contributed by atoms with Gasteiger partial charge in [-0.3, -0.25) is 9.59 Å². The number of anilines is 1. The van der Waals surface area contributed by atoms with Crippen LogP contribution in [0.5, 0.6) is 0 Å². The average Bonchev–Trinajstić information content (AvgIpc) is 2.64. The second-order valence-corrected chi connectivity index (χ2v) is 5.04. The van der Waals surface area contributed by atoms with Gasteiger partial charge in [-0.1, -0.05) is 12.1 Å². The van der Waals surface area contributed by atoms with Gasteiger partial charge in [0.15, 0.2) is 0 Å². The molecule has 0 spiro atoms. The van der Waals surface area contributed by atoms with Crippen molar-refractivity contribution in [2.24, 2.45) is 5.73 Å². The summed E-state index contributed by atoms with van der Waals surface area (Å²) in [6.45, 7) is 3.56. The molecule has 1 aliphatic rings. The molecule has 2 amide bonds. The molecule has 1 heterocycles. The SMILES string of the molecule is CC(NC(=O)[C@@H](C)N)c1ccc2c(c1)CC(=O)N2C.Cl. The van der Waals surface area contributed by atoms with Crippen LogP contribution in [0, 0.1) is 0 Å². The van der Waals surface area contributed by atoms with Gasteiger partial charge in [-0.25, -0.2) is 0 Å². The summed E-state index contributed by atoms with van der Waals surface area (Å²) in [6, 6.07) is 5.18. The van der Waals surface area contributed by atoms with E-state index < -0.39 is 6.04 Å². The lowest BCUT2D eigenvalue weighted by molar-refractivity contribution is -0.122. The van der Waals surface area contributed by atoms with E-state index in [0.717, 1.165) is 16.8 Å². The molecular weight excluding hydrogens is 278 g/mol. The number of nitrogens with two attached hydrogens (primary N) is 1. The first kappa shape index (κ1) is 16.5. The van der Waals surface area contributed by atoms with Gasteiger partial charge in [0.05, 0.1) is 18.5 Å². The van der Waals surface area contributed by atoms with Crippen LogP contribution in [0.15, 0.2) is 18.2 Å². The van der Waals surface area contributed by atoms with Crippen molar-refractivity contribution in [1.82, 2.24) is 5.32 Å². The van der Waals surface area contributed by atoms with E-state index >= 15 is 0 Å². The van der Waals surface area contributed by atoms with Gasteiger partial charge in [-0.2, -0.15) is 0 Å². The summed E-state index contributed by atoms with van der Waals surface area (Å²) in [4.78, 5) is 24.8. The quantitative estimate of drug-likeness (QED) is 0.879. The smallest absolute Gasteiger partial charge is 0.237 e. The Morgan fingerprint density at radius 2 is 2.05 bits per heavy atom. The van der Waals surface area contributed by atoms with E-state index in [-0.39, 0.29) is 30.3 Å². The van der Waals surface area contributed by atoms with Crippen molar-refractivity contribution >= 4 is 29.9 Å². The molecule has 0 fully saturated rings. The van der Waals surface area contributed by atoms with Gasteiger partial charge in [-0.05, 0) is 31.0 Å². The highest BCUT2D eigenvalue weighted by atomic mass is 35.5. The topological polar surface area (TPSA) is 75.4 Å². The van der Waals surface area contributed by atoms with Gasteiger partial charge in [0.25, 0.3) is 0 Å². The lowest BCUT2D eigenvalue weighted by Crippen LogP contribution is -2.39. The Bertz CT molecular complexity index is 531. The Labute approximate surface area is 124 Å². The number of halogens is 1. The maximum Gasteiger partial charge on any atom is 0.237 e. The molecule has 0 aromatic heterocycles. The highest BCUT2D eigenvalue weighted by Crippen LogP contribution is 2.30. The maximum atomic E-state index is 11.6. The van der Waals surface area contributed by atoms with E-state index in [4.69, 9.17) is 5.73 Å². The van der Waals surface area contributed by atoms with E-state index in [0.29, 0.717) is 6.42 Å². The Kier molecular flexibility index (Phi) is 5.14. The summed E-state index contributed by atoms with van der Waals surface area (Å²) in [7, 11) is 1.77. The minimum atomic E-state index is -0.524. The fourth-order valence-electron chi connectivity index (χ4n) is 2.19. The molecule has 1 aromatic rings. The van der Waals surface area contributed by atoms with Crippen molar-refractivity contribution in [2.75, 3.05) is 11.9 Å². The van der Waals surface area contributed by atoms with Crippen LogP contribution < -0.4 is 16.0 Å². The molecule has 3 N–H and O–H groups in total. The molecule has 1 unspecified atom stereocenters. The van der Waals surface area contributed by atoms with Crippen molar-refractivity contribution in [1.29, 1.82) is 0 Å². The van der Waals surface area contributed by atoms with Gasteiger partial charge in [-0.15, -0.1) is 12.4 Å². The number of likely N-dealkylation sites (N-methyl/N-ethyl adjacent to an activating group) is 1. The summed E-state index contributed by atoms with van der Waals surface area (Å²) in [6.07, 6.45) is 0.424. The fourth-order valence-corrected chi connectivity index (χ4v) is 2.19. The zero-order valence-corrected chi connectivity index (χ0v) is 12.7. The molecule has 1 aromatic carbocycles. The van der Waals surface area contributed by atoms with E-state index in [1.54, 1.807) is 18.9 Å². The normalized spacial score (nSPS) is 16.2. The van der Waals surface area contributed by atoms with Gasteiger partial charge in [0, 0.05) is 12.7 Å². The molecule has 5 nitrogen and oxygen atoms in total. The molecule has 20 heavy (non-hydrogen) atoms. The molecule has 1 aliphatic heterocycles. The molecule has 0 saturated heterocycles. The van der Waals surface area contributed by atoms with Crippen LogP contribution in [-0.4, -0.2) is 24.9 Å². The monoisotopic (exact) mass is 297 g/mol. The number of hydrogen-bond donors (Lipinski definition) is 2. The zero-order chi connectivity index (χ0) is 14.2. The molecule has 2 rings (SSSR count). The number of rotatable bonds is 3. The number of nitrogens with zero attached hydrogens (tertiary/aromatic N) is 1. The second-order valence-electron chi connectivity index (χ2n) is 5.04. The van der Waals surface area contributed by atoms with E-state index in [2.05, 4.69) is 5.32 Å². The maximum absolute atomic E-state index is 11.6. The number of carbonyl (C=O) groups is 2. The van der Waals surface area contributed by atoms with E-state index in [1.165, 1.54) is 0 Å². The third-order valence-corrected chi connectivity index (χ3v) is 3.45. The van der Waals surface area contributed by atoms with Crippen LogP contribution in [0.3, 0.4) is 0 Å². The van der Waals surface area contributed by atoms with Crippen LogP contribution in [0.1, 0.15) is 31.0 Å². The summed E-state index contributed by atoms with van der Waals surface area (Å²) < 4.78 is 0. The van der Waals surface area contributed by atoms with Crippen molar-refractivity contribution in [3.05, 3.63) is 29.3 Å². The highest BCUT2D eigenvalue weighted by molar-refractivity contribution is 6.00. The molecular formula is C14H20ClN3O2. The summed E-state index contributed by atoms with van der Waals surface area (Å²) in [5, 5.41) is 2.85. The molecule has 0 aliphatic carbocycles. The predicted molar refractivity (Wildman–Crippen MR) is 81.0 cm³/mol. The largest absolute Gasteiger partial charge is 0.348 e. The van der Waals surface area contributed by atoms with Crippen molar-refractivity contribution in [3.63, 3.8) is 0 Å². The summed E-state index contributed by atoms with van der Waals surface area (Å²) in [5.74, 6) is -0.0828.